The fourth-order valence-electron chi connectivity index (χ4n) is 3.78. The van der Waals surface area contributed by atoms with E-state index in [0.717, 1.165) is 17.2 Å². The third-order valence-corrected chi connectivity index (χ3v) is 5.18. The summed E-state index contributed by atoms with van der Waals surface area (Å²) in [5.74, 6) is -1.92. The number of ether oxygens (including phenoxy) is 1. The first-order valence-electron chi connectivity index (χ1n) is 9.46. The van der Waals surface area contributed by atoms with Gasteiger partial charge in [-0.25, -0.2) is 0 Å². The number of aryl methyl sites for hydroxylation is 1. The van der Waals surface area contributed by atoms with Gasteiger partial charge in [0.15, 0.2) is 11.5 Å². The van der Waals surface area contributed by atoms with Crippen molar-refractivity contribution in [3.05, 3.63) is 89.0 Å². The van der Waals surface area contributed by atoms with Gasteiger partial charge in [-0.1, -0.05) is 60.7 Å². The molecule has 0 radical (unpaired) electrons. The van der Waals surface area contributed by atoms with Gasteiger partial charge in [0.2, 0.25) is 0 Å². The number of rotatable bonds is 5. The van der Waals surface area contributed by atoms with Crippen LogP contribution in [-0.4, -0.2) is 22.0 Å². The molecule has 5 nitrogen and oxygen atoms in total. The average molecular weight is 388 g/mol. The van der Waals surface area contributed by atoms with E-state index in [4.69, 9.17) is 4.74 Å². The van der Waals surface area contributed by atoms with Crippen LogP contribution in [-0.2, 0) is 11.2 Å². The topological polar surface area (TPSA) is 83.8 Å². The Hall–Kier alpha value is -3.60. The van der Waals surface area contributed by atoms with Crippen LogP contribution in [0.1, 0.15) is 45.8 Å². The van der Waals surface area contributed by atoms with E-state index in [1.54, 1.807) is 0 Å². The lowest BCUT2D eigenvalue weighted by Gasteiger charge is -2.27. The van der Waals surface area contributed by atoms with Crippen LogP contribution >= 0.6 is 0 Å². The molecule has 0 saturated carbocycles. The summed E-state index contributed by atoms with van der Waals surface area (Å²) in [6.07, 6.45) is 0.681. The van der Waals surface area contributed by atoms with Crippen LogP contribution in [0.25, 0.3) is 0 Å². The Kier molecular flexibility index (Phi) is 5.04. The highest BCUT2D eigenvalue weighted by Gasteiger charge is 2.36. The van der Waals surface area contributed by atoms with Gasteiger partial charge in [-0.05, 0) is 17.5 Å². The molecule has 3 aromatic carbocycles. The van der Waals surface area contributed by atoms with Gasteiger partial charge in [0.05, 0.1) is 6.42 Å². The summed E-state index contributed by atoms with van der Waals surface area (Å²) < 4.78 is 5.37. The molecule has 146 valence electrons. The van der Waals surface area contributed by atoms with E-state index in [0.29, 0.717) is 12.0 Å². The molecule has 4 rings (SSSR count). The molecule has 1 atom stereocenters. The van der Waals surface area contributed by atoms with Crippen LogP contribution in [0.4, 0.5) is 0 Å². The number of esters is 1. The SMILES string of the molecule is O=C1C[C@H](c2ccccc2)c2c(O)cc(O)c(C(=O)CCc3ccccc3)c2O1. The van der Waals surface area contributed by atoms with Crippen molar-refractivity contribution < 1.29 is 24.5 Å². The first kappa shape index (κ1) is 18.7. The summed E-state index contributed by atoms with van der Waals surface area (Å²) in [6.45, 7) is 0. The number of phenols is 2. The molecule has 3 aromatic rings. The Bertz CT molecular complexity index is 1060. The zero-order valence-corrected chi connectivity index (χ0v) is 15.7. The van der Waals surface area contributed by atoms with Crippen molar-refractivity contribution in [2.24, 2.45) is 0 Å². The Morgan fingerprint density at radius 1 is 0.966 bits per heavy atom. The van der Waals surface area contributed by atoms with E-state index in [-0.39, 0.29) is 41.4 Å². The Morgan fingerprint density at radius 2 is 1.62 bits per heavy atom. The molecule has 0 saturated heterocycles. The van der Waals surface area contributed by atoms with Gasteiger partial charge in [-0.15, -0.1) is 0 Å². The van der Waals surface area contributed by atoms with Crippen LogP contribution < -0.4 is 4.74 Å². The smallest absolute Gasteiger partial charge is 0.312 e. The Morgan fingerprint density at radius 3 is 2.31 bits per heavy atom. The highest BCUT2D eigenvalue weighted by molar-refractivity contribution is 6.03. The van der Waals surface area contributed by atoms with Gasteiger partial charge >= 0.3 is 5.97 Å². The molecular weight excluding hydrogens is 368 g/mol. The fraction of sp³-hybridized carbons (Fsp3) is 0.167. The lowest BCUT2D eigenvalue weighted by atomic mass is 9.83. The number of ketones is 1. The second-order valence-corrected chi connectivity index (χ2v) is 7.08. The summed E-state index contributed by atoms with van der Waals surface area (Å²) in [4.78, 5) is 25.2. The van der Waals surface area contributed by atoms with Gasteiger partial charge in [0.25, 0.3) is 0 Å². The number of carbonyl (C=O) groups is 2. The van der Waals surface area contributed by atoms with E-state index >= 15 is 0 Å². The van der Waals surface area contributed by atoms with E-state index < -0.39 is 11.9 Å². The second-order valence-electron chi connectivity index (χ2n) is 7.08. The quantitative estimate of drug-likeness (QED) is 0.386. The Balaban J connectivity index is 1.74. The van der Waals surface area contributed by atoms with Crippen molar-refractivity contribution in [2.75, 3.05) is 0 Å². The van der Waals surface area contributed by atoms with Crippen molar-refractivity contribution in [1.82, 2.24) is 0 Å². The molecule has 0 aliphatic carbocycles. The number of hydrogen-bond donors (Lipinski definition) is 2. The number of Topliss-reactive ketones (excluding diaryl/α,β-unsaturated/α-hetero) is 1. The lowest BCUT2D eigenvalue weighted by Crippen LogP contribution is -2.23. The summed E-state index contributed by atoms with van der Waals surface area (Å²) in [6, 6.07) is 20.0. The van der Waals surface area contributed by atoms with Gasteiger partial charge in [-0.3, -0.25) is 9.59 Å². The standard InChI is InChI=1S/C24H20O5/c25-18(12-11-15-7-3-1-4-8-15)23-20(27)14-19(26)22-17(13-21(28)29-24(22)23)16-9-5-2-6-10-16/h1-10,14,17,26-27H,11-13H2/t17-/m1/s1. The zero-order valence-electron chi connectivity index (χ0n) is 15.7. The molecule has 0 fully saturated rings. The van der Waals surface area contributed by atoms with Gasteiger partial charge in [0.1, 0.15) is 17.1 Å². The molecule has 29 heavy (non-hydrogen) atoms. The molecular formula is C24H20O5. The summed E-state index contributed by atoms with van der Waals surface area (Å²) in [7, 11) is 0. The maximum atomic E-state index is 12.9. The number of carbonyl (C=O) groups excluding carboxylic acids is 2. The van der Waals surface area contributed by atoms with Crippen molar-refractivity contribution in [3.8, 4) is 17.2 Å². The molecule has 0 aromatic heterocycles. The third-order valence-electron chi connectivity index (χ3n) is 5.18. The number of fused-ring (bicyclic) bond motifs is 1. The first-order valence-corrected chi connectivity index (χ1v) is 9.46. The van der Waals surface area contributed by atoms with Crippen LogP contribution in [0.2, 0.25) is 0 Å². The highest BCUT2D eigenvalue weighted by Crippen LogP contribution is 2.48. The van der Waals surface area contributed by atoms with Gasteiger partial charge in [-0.2, -0.15) is 0 Å². The first-order chi connectivity index (χ1) is 14.0. The van der Waals surface area contributed by atoms with Crippen LogP contribution in [0.5, 0.6) is 17.2 Å². The number of phenolic OH excluding ortho intramolecular Hbond substituents is 2. The number of benzene rings is 3. The van der Waals surface area contributed by atoms with Gasteiger partial charge < -0.3 is 14.9 Å². The predicted octanol–water partition coefficient (Wildman–Crippen LogP) is 4.35. The predicted molar refractivity (Wildman–Crippen MR) is 107 cm³/mol. The monoisotopic (exact) mass is 388 g/mol. The number of hydrogen-bond acceptors (Lipinski definition) is 5. The average Bonchev–Trinajstić information content (AvgIpc) is 2.72. The summed E-state index contributed by atoms with van der Waals surface area (Å²) in [5, 5.41) is 20.9. The van der Waals surface area contributed by atoms with E-state index in [9.17, 15) is 19.8 Å². The minimum absolute atomic E-state index is 0.0364. The van der Waals surface area contributed by atoms with E-state index in [2.05, 4.69) is 0 Å². The van der Waals surface area contributed by atoms with Crippen LogP contribution in [0.3, 0.4) is 0 Å². The largest absolute Gasteiger partial charge is 0.507 e. The molecule has 0 spiro atoms. The number of aromatic hydroxyl groups is 2. The maximum absolute atomic E-state index is 12.9. The molecule has 0 unspecified atom stereocenters. The second kappa shape index (κ2) is 7.80. The zero-order chi connectivity index (χ0) is 20.4. The van der Waals surface area contributed by atoms with Gasteiger partial charge in [0, 0.05) is 24.0 Å². The van der Waals surface area contributed by atoms with Crippen molar-refractivity contribution in [1.29, 1.82) is 0 Å². The summed E-state index contributed by atoms with van der Waals surface area (Å²) in [5.41, 5.74) is 2.13. The molecule has 1 aliphatic rings. The van der Waals surface area contributed by atoms with Crippen molar-refractivity contribution >= 4 is 11.8 Å². The molecule has 2 N–H and O–H groups in total. The highest BCUT2D eigenvalue weighted by atomic mass is 16.5. The summed E-state index contributed by atoms with van der Waals surface area (Å²) >= 11 is 0. The maximum Gasteiger partial charge on any atom is 0.312 e. The molecule has 0 amide bonds. The molecule has 5 heteroatoms. The molecule has 1 heterocycles. The Labute approximate surface area is 168 Å². The van der Waals surface area contributed by atoms with E-state index in [1.807, 2.05) is 60.7 Å². The fourth-order valence-corrected chi connectivity index (χ4v) is 3.78. The van der Waals surface area contributed by atoms with Crippen molar-refractivity contribution in [2.45, 2.75) is 25.2 Å². The van der Waals surface area contributed by atoms with Crippen LogP contribution in [0, 0.1) is 0 Å². The minimum Gasteiger partial charge on any atom is -0.507 e. The van der Waals surface area contributed by atoms with E-state index in [1.165, 1.54) is 0 Å². The normalized spacial score (nSPS) is 15.4. The van der Waals surface area contributed by atoms with Crippen molar-refractivity contribution in [3.63, 3.8) is 0 Å². The molecule has 0 bridgehead atoms. The third kappa shape index (κ3) is 3.72. The molecule has 1 aliphatic heterocycles. The lowest BCUT2D eigenvalue weighted by molar-refractivity contribution is -0.135. The van der Waals surface area contributed by atoms with Crippen LogP contribution in [0.15, 0.2) is 66.7 Å². The minimum atomic E-state index is -0.506.